The Labute approximate surface area is 104 Å². The van der Waals surface area contributed by atoms with E-state index in [1.807, 2.05) is 38.2 Å². The van der Waals surface area contributed by atoms with E-state index < -0.39 is 0 Å². The van der Waals surface area contributed by atoms with Gasteiger partial charge in [-0.3, -0.25) is 0 Å². The predicted octanol–water partition coefficient (Wildman–Crippen LogP) is 1.94. The zero-order chi connectivity index (χ0) is 11.3. The lowest BCUT2D eigenvalue weighted by atomic mass is 10.5. The van der Waals surface area contributed by atoms with Crippen LogP contribution in [0.5, 0.6) is 0 Å². The molecule has 0 saturated heterocycles. The summed E-state index contributed by atoms with van der Waals surface area (Å²) in [6.45, 7) is 5.56. The Hall–Kier alpha value is -0.430. The summed E-state index contributed by atoms with van der Waals surface area (Å²) in [7, 11) is 1.96. The van der Waals surface area contributed by atoms with Gasteiger partial charge in [0.25, 0.3) is 0 Å². The number of anilines is 1. The highest BCUT2D eigenvalue weighted by Crippen LogP contribution is 2.06. The normalized spacial score (nSPS) is 10.7. The second kappa shape index (κ2) is 6.22. The summed E-state index contributed by atoms with van der Waals surface area (Å²) in [5, 5.41) is 0. The maximum atomic E-state index is 5.46. The Morgan fingerprint density at radius 2 is 2.00 bits per heavy atom. The van der Waals surface area contributed by atoms with Gasteiger partial charge in [0.1, 0.15) is 0 Å². The maximum Gasteiger partial charge on any atom is 0.225 e. The molecule has 0 atom stereocenters. The largest absolute Gasteiger partial charge is 0.377 e. The lowest BCUT2D eigenvalue weighted by Gasteiger charge is -2.17. The fourth-order valence-corrected chi connectivity index (χ4v) is 1.31. The third kappa shape index (κ3) is 4.74. The summed E-state index contributed by atoms with van der Waals surface area (Å²) in [5.41, 5.74) is 0. The number of hydrogen-bond acceptors (Lipinski definition) is 4. The summed E-state index contributed by atoms with van der Waals surface area (Å²) < 4.78 is 6.50. The molecule has 1 heterocycles. The fourth-order valence-electron chi connectivity index (χ4n) is 1.03. The van der Waals surface area contributed by atoms with Gasteiger partial charge in [-0.2, -0.15) is 0 Å². The van der Waals surface area contributed by atoms with Crippen LogP contribution in [0.3, 0.4) is 0 Å². The van der Waals surface area contributed by atoms with E-state index in [1.165, 1.54) is 0 Å². The summed E-state index contributed by atoms with van der Waals surface area (Å²) in [6, 6.07) is 0. The number of halogens is 1. The van der Waals surface area contributed by atoms with Crippen LogP contribution in [-0.2, 0) is 4.74 Å². The van der Waals surface area contributed by atoms with Crippen LogP contribution >= 0.6 is 22.6 Å². The molecule has 0 N–H and O–H groups in total. The fraction of sp³-hybridized carbons (Fsp3) is 0.600. The van der Waals surface area contributed by atoms with Gasteiger partial charge in [0.2, 0.25) is 5.95 Å². The van der Waals surface area contributed by atoms with Crippen molar-refractivity contribution in [1.82, 2.24) is 9.97 Å². The Balaban J connectivity index is 2.40. The minimum atomic E-state index is 0.274. The van der Waals surface area contributed by atoms with Gasteiger partial charge in [-0.25, -0.2) is 9.97 Å². The van der Waals surface area contributed by atoms with Crippen molar-refractivity contribution >= 4 is 28.5 Å². The van der Waals surface area contributed by atoms with Gasteiger partial charge < -0.3 is 9.64 Å². The van der Waals surface area contributed by atoms with E-state index in [4.69, 9.17) is 4.74 Å². The molecular weight excluding hydrogens is 305 g/mol. The standard InChI is InChI=1S/C10H16IN3O/c1-8(2)15-5-4-14(3)10-12-6-9(11)7-13-10/h6-8H,4-5H2,1-3H3. The van der Waals surface area contributed by atoms with Crippen LogP contribution in [0, 0.1) is 3.57 Å². The summed E-state index contributed by atoms with van der Waals surface area (Å²) in [6.07, 6.45) is 3.89. The highest BCUT2D eigenvalue weighted by atomic mass is 127. The van der Waals surface area contributed by atoms with Crippen LogP contribution in [-0.4, -0.2) is 36.3 Å². The van der Waals surface area contributed by atoms with Crippen LogP contribution in [0.1, 0.15) is 13.8 Å². The van der Waals surface area contributed by atoms with Gasteiger partial charge in [0.05, 0.1) is 12.7 Å². The maximum absolute atomic E-state index is 5.46. The van der Waals surface area contributed by atoms with Crippen molar-refractivity contribution < 1.29 is 4.74 Å². The van der Waals surface area contributed by atoms with E-state index in [0.29, 0.717) is 6.61 Å². The molecule has 0 aliphatic heterocycles. The van der Waals surface area contributed by atoms with Crippen molar-refractivity contribution in [2.24, 2.45) is 0 Å². The lowest BCUT2D eigenvalue weighted by Crippen LogP contribution is -2.25. The summed E-state index contributed by atoms with van der Waals surface area (Å²) >= 11 is 2.19. The molecule has 0 bridgehead atoms. The molecule has 0 aliphatic carbocycles. The number of likely N-dealkylation sites (N-methyl/N-ethyl adjacent to an activating group) is 1. The monoisotopic (exact) mass is 321 g/mol. The highest BCUT2D eigenvalue weighted by molar-refractivity contribution is 14.1. The zero-order valence-corrected chi connectivity index (χ0v) is 11.4. The average molecular weight is 321 g/mol. The molecule has 0 aliphatic rings. The number of ether oxygens (including phenoxy) is 1. The summed E-state index contributed by atoms with van der Waals surface area (Å²) in [5.74, 6) is 0.739. The third-order valence-electron chi connectivity index (χ3n) is 1.83. The topological polar surface area (TPSA) is 38.2 Å². The van der Waals surface area contributed by atoms with E-state index in [1.54, 1.807) is 0 Å². The first kappa shape index (κ1) is 12.6. The van der Waals surface area contributed by atoms with Crippen LogP contribution < -0.4 is 4.90 Å². The first-order valence-corrected chi connectivity index (χ1v) is 5.97. The van der Waals surface area contributed by atoms with Crippen molar-refractivity contribution in [2.45, 2.75) is 20.0 Å². The SMILES string of the molecule is CC(C)OCCN(C)c1ncc(I)cn1. The van der Waals surface area contributed by atoms with Gasteiger partial charge >= 0.3 is 0 Å². The van der Waals surface area contributed by atoms with Gasteiger partial charge in [0, 0.05) is 29.6 Å². The molecule has 84 valence electrons. The Morgan fingerprint density at radius 1 is 1.40 bits per heavy atom. The molecule has 0 saturated carbocycles. The molecule has 4 nitrogen and oxygen atoms in total. The van der Waals surface area contributed by atoms with Crippen LogP contribution in [0.25, 0.3) is 0 Å². The van der Waals surface area contributed by atoms with Crippen LogP contribution in [0.4, 0.5) is 5.95 Å². The molecular formula is C10H16IN3O. The minimum Gasteiger partial charge on any atom is -0.377 e. The second-order valence-electron chi connectivity index (χ2n) is 3.54. The number of nitrogens with zero attached hydrogens (tertiary/aromatic N) is 3. The van der Waals surface area contributed by atoms with Crippen LogP contribution in [0.2, 0.25) is 0 Å². The van der Waals surface area contributed by atoms with Gasteiger partial charge in [-0.1, -0.05) is 0 Å². The lowest BCUT2D eigenvalue weighted by molar-refractivity contribution is 0.0844. The molecule has 15 heavy (non-hydrogen) atoms. The van der Waals surface area contributed by atoms with Crippen molar-refractivity contribution in [1.29, 1.82) is 0 Å². The summed E-state index contributed by atoms with van der Waals surface area (Å²) in [4.78, 5) is 10.4. The van der Waals surface area contributed by atoms with E-state index in [0.717, 1.165) is 16.1 Å². The molecule has 1 aromatic rings. The highest BCUT2D eigenvalue weighted by Gasteiger charge is 2.03. The third-order valence-corrected chi connectivity index (χ3v) is 2.38. The Kier molecular flexibility index (Phi) is 5.24. The molecule has 0 amide bonds. The first-order chi connectivity index (χ1) is 7.09. The van der Waals surface area contributed by atoms with E-state index in [-0.39, 0.29) is 6.10 Å². The van der Waals surface area contributed by atoms with E-state index >= 15 is 0 Å². The second-order valence-corrected chi connectivity index (χ2v) is 4.79. The van der Waals surface area contributed by atoms with Crippen molar-refractivity contribution in [3.63, 3.8) is 0 Å². The molecule has 0 fully saturated rings. The average Bonchev–Trinajstić information content (AvgIpc) is 2.18. The zero-order valence-electron chi connectivity index (χ0n) is 9.27. The van der Waals surface area contributed by atoms with Crippen molar-refractivity contribution in [2.75, 3.05) is 25.1 Å². The number of rotatable bonds is 5. The Bertz CT molecular complexity index is 289. The molecule has 1 aromatic heterocycles. The molecule has 0 radical (unpaired) electrons. The molecule has 0 aromatic carbocycles. The number of aromatic nitrogens is 2. The number of hydrogen-bond donors (Lipinski definition) is 0. The van der Waals surface area contributed by atoms with Crippen molar-refractivity contribution in [3.8, 4) is 0 Å². The molecule has 0 spiro atoms. The van der Waals surface area contributed by atoms with Crippen molar-refractivity contribution in [3.05, 3.63) is 16.0 Å². The Morgan fingerprint density at radius 3 is 2.53 bits per heavy atom. The quantitative estimate of drug-likeness (QED) is 0.777. The molecule has 0 unspecified atom stereocenters. The molecule has 1 rings (SSSR count). The molecule has 5 heteroatoms. The smallest absolute Gasteiger partial charge is 0.225 e. The van der Waals surface area contributed by atoms with E-state index in [2.05, 4.69) is 32.6 Å². The minimum absolute atomic E-state index is 0.274. The van der Waals surface area contributed by atoms with Gasteiger partial charge in [-0.05, 0) is 36.4 Å². The first-order valence-electron chi connectivity index (χ1n) is 4.90. The van der Waals surface area contributed by atoms with Gasteiger partial charge in [0.15, 0.2) is 0 Å². The van der Waals surface area contributed by atoms with E-state index in [9.17, 15) is 0 Å². The van der Waals surface area contributed by atoms with Gasteiger partial charge in [-0.15, -0.1) is 0 Å². The van der Waals surface area contributed by atoms with Crippen LogP contribution in [0.15, 0.2) is 12.4 Å². The predicted molar refractivity (Wildman–Crippen MR) is 69.1 cm³/mol.